The van der Waals surface area contributed by atoms with E-state index in [2.05, 4.69) is 0 Å². The van der Waals surface area contributed by atoms with Crippen molar-refractivity contribution >= 4 is 5.91 Å². The molecule has 7 heteroatoms. The summed E-state index contributed by atoms with van der Waals surface area (Å²) in [4.78, 5) is 13.5. The number of alkyl halides is 3. The molecule has 1 unspecified atom stereocenters. The fourth-order valence-corrected chi connectivity index (χ4v) is 2.10. The van der Waals surface area contributed by atoms with Crippen LogP contribution in [-0.4, -0.2) is 48.3 Å². The minimum Gasteiger partial charge on any atom is -0.394 e. The van der Waals surface area contributed by atoms with E-state index in [4.69, 9.17) is 9.84 Å². The third-order valence-corrected chi connectivity index (χ3v) is 3.09. The Morgan fingerprint density at radius 3 is 2.75 bits per heavy atom. The summed E-state index contributed by atoms with van der Waals surface area (Å²) in [5, 5.41) is 9.00. The van der Waals surface area contributed by atoms with E-state index >= 15 is 0 Å². The molecule has 0 bridgehead atoms. The Labute approximate surface area is 113 Å². The molecular formula is C13H14F3NO3. The molecule has 0 saturated carbocycles. The molecule has 1 atom stereocenters. The number of carbonyl (C=O) groups is 1. The molecule has 1 N–H and O–H groups in total. The third kappa shape index (κ3) is 3.10. The Morgan fingerprint density at radius 2 is 2.10 bits per heavy atom. The van der Waals surface area contributed by atoms with Crippen LogP contribution in [0.4, 0.5) is 13.2 Å². The van der Waals surface area contributed by atoms with Crippen molar-refractivity contribution in [3.05, 3.63) is 35.4 Å². The molecule has 1 heterocycles. The summed E-state index contributed by atoms with van der Waals surface area (Å²) in [6, 6.07) is 4.69. The monoisotopic (exact) mass is 289 g/mol. The second kappa shape index (κ2) is 5.80. The highest BCUT2D eigenvalue weighted by atomic mass is 19.4. The molecule has 0 aliphatic carbocycles. The van der Waals surface area contributed by atoms with E-state index in [0.29, 0.717) is 0 Å². The van der Waals surface area contributed by atoms with E-state index < -0.39 is 23.8 Å². The van der Waals surface area contributed by atoms with Crippen molar-refractivity contribution in [2.75, 3.05) is 26.3 Å². The van der Waals surface area contributed by atoms with Crippen LogP contribution in [0, 0.1) is 0 Å². The quantitative estimate of drug-likeness (QED) is 0.898. The number of ether oxygens (including phenoxy) is 1. The summed E-state index contributed by atoms with van der Waals surface area (Å²) < 4.78 is 43.8. The summed E-state index contributed by atoms with van der Waals surface area (Å²) in [5.74, 6) is -0.695. The first-order valence-electron chi connectivity index (χ1n) is 6.11. The topological polar surface area (TPSA) is 49.8 Å². The van der Waals surface area contributed by atoms with Crippen LogP contribution in [0.1, 0.15) is 15.9 Å². The number of aliphatic hydroxyl groups excluding tert-OH is 1. The predicted molar refractivity (Wildman–Crippen MR) is 64.2 cm³/mol. The van der Waals surface area contributed by atoms with Gasteiger partial charge in [-0.1, -0.05) is 12.1 Å². The van der Waals surface area contributed by atoms with Crippen LogP contribution < -0.4 is 0 Å². The van der Waals surface area contributed by atoms with Crippen LogP contribution in [0.5, 0.6) is 0 Å². The predicted octanol–water partition coefficient (Wildman–Crippen LogP) is 1.54. The average Bonchev–Trinajstić information content (AvgIpc) is 2.45. The van der Waals surface area contributed by atoms with E-state index in [0.717, 1.165) is 12.1 Å². The maximum Gasteiger partial charge on any atom is 0.417 e. The minimum atomic E-state index is -4.57. The first-order valence-corrected chi connectivity index (χ1v) is 6.11. The normalized spacial score (nSPS) is 20.0. The number of carbonyl (C=O) groups excluding carboxylic acids is 1. The van der Waals surface area contributed by atoms with Gasteiger partial charge in [0.25, 0.3) is 5.91 Å². The fourth-order valence-electron chi connectivity index (χ4n) is 2.10. The van der Waals surface area contributed by atoms with Gasteiger partial charge in [0.05, 0.1) is 30.4 Å². The van der Waals surface area contributed by atoms with Gasteiger partial charge < -0.3 is 14.7 Å². The number of hydrogen-bond acceptors (Lipinski definition) is 3. The lowest BCUT2D eigenvalue weighted by molar-refractivity contribution is -0.138. The van der Waals surface area contributed by atoms with Crippen LogP contribution in [0.3, 0.4) is 0 Å². The molecule has 1 saturated heterocycles. The van der Waals surface area contributed by atoms with Gasteiger partial charge in [-0.2, -0.15) is 13.2 Å². The molecule has 4 nitrogen and oxygen atoms in total. The number of rotatable bonds is 2. The summed E-state index contributed by atoms with van der Waals surface area (Å²) in [5.41, 5.74) is -1.32. The van der Waals surface area contributed by atoms with Crippen LogP contribution in [-0.2, 0) is 10.9 Å². The van der Waals surface area contributed by atoms with Gasteiger partial charge >= 0.3 is 6.18 Å². The molecule has 1 aliphatic heterocycles. The molecule has 0 spiro atoms. The van der Waals surface area contributed by atoms with E-state index in [9.17, 15) is 18.0 Å². The van der Waals surface area contributed by atoms with Crippen molar-refractivity contribution in [3.63, 3.8) is 0 Å². The molecule has 1 aromatic rings. The maximum absolute atomic E-state index is 12.9. The fraction of sp³-hybridized carbons (Fsp3) is 0.462. The largest absolute Gasteiger partial charge is 0.417 e. The lowest BCUT2D eigenvalue weighted by Gasteiger charge is -2.32. The van der Waals surface area contributed by atoms with Gasteiger partial charge in [-0.15, -0.1) is 0 Å². The van der Waals surface area contributed by atoms with Crippen molar-refractivity contribution in [3.8, 4) is 0 Å². The van der Waals surface area contributed by atoms with Crippen LogP contribution in [0.15, 0.2) is 24.3 Å². The van der Waals surface area contributed by atoms with Gasteiger partial charge in [-0.25, -0.2) is 0 Å². The van der Waals surface area contributed by atoms with Crippen molar-refractivity contribution in [1.29, 1.82) is 0 Å². The molecule has 1 amide bonds. The van der Waals surface area contributed by atoms with Gasteiger partial charge in [0.15, 0.2) is 0 Å². The van der Waals surface area contributed by atoms with Gasteiger partial charge in [0, 0.05) is 13.1 Å². The summed E-state index contributed by atoms with van der Waals surface area (Å²) in [6.07, 6.45) is -5.12. The van der Waals surface area contributed by atoms with Gasteiger partial charge in [-0.3, -0.25) is 4.79 Å². The molecular weight excluding hydrogens is 275 g/mol. The molecule has 0 aromatic heterocycles. The Bertz CT molecular complexity index is 490. The lowest BCUT2D eigenvalue weighted by Crippen LogP contribution is -2.47. The minimum absolute atomic E-state index is 0.0848. The zero-order valence-electron chi connectivity index (χ0n) is 10.6. The second-order valence-corrected chi connectivity index (χ2v) is 4.47. The highest BCUT2D eigenvalue weighted by Gasteiger charge is 2.36. The van der Waals surface area contributed by atoms with Gasteiger partial charge in [0.1, 0.15) is 0 Å². The lowest BCUT2D eigenvalue weighted by atomic mass is 10.1. The van der Waals surface area contributed by atoms with Crippen molar-refractivity contribution in [2.24, 2.45) is 0 Å². The van der Waals surface area contributed by atoms with Crippen LogP contribution in [0.25, 0.3) is 0 Å². The van der Waals surface area contributed by atoms with Crippen molar-refractivity contribution in [1.82, 2.24) is 4.90 Å². The Balaban J connectivity index is 2.25. The molecule has 1 fully saturated rings. The molecule has 0 radical (unpaired) electrons. The molecule has 20 heavy (non-hydrogen) atoms. The number of hydrogen-bond donors (Lipinski definition) is 1. The number of amides is 1. The summed E-state index contributed by atoms with van der Waals surface area (Å²) >= 11 is 0. The maximum atomic E-state index is 12.9. The number of benzene rings is 1. The van der Waals surface area contributed by atoms with Crippen molar-refractivity contribution in [2.45, 2.75) is 12.3 Å². The van der Waals surface area contributed by atoms with E-state index in [1.807, 2.05) is 0 Å². The first kappa shape index (κ1) is 14.8. The first-order chi connectivity index (χ1) is 9.43. The SMILES string of the molecule is O=C(c1ccccc1C(F)(F)F)N1CCOC(CO)C1. The number of morpholine rings is 1. The Kier molecular flexibility index (Phi) is 4.29. The smallest absolute Gasteiger partial charge is 0.394 e. The average molecular weight is 289 g/mol. The highest BCUT2D eigenvalue weighted by molar-refractivity contribution is 5.96. The van der Waals surface area contributed by atoms with Crippen LogP contribution in [0.2, 0.25) is 0 Å². The Morgan fingerprint density at radius 1 is 1.40 bits per heavy atom. The van der Waals surface area contributed by atoms with E-state index in [1.165, 1.54) is 17.0 Å². The number of aliphatic hydroxyl groups is 1. The molecule has 1 aliphatic rings. The molecule has 110 valence electrons. The highest BCUT2D eigenvalue weighted by Crippen LogP contribution is 2.32. The van der Waals surface area contributed by atoms with Crippen LogP contribution >= 0.6 is 0 Å². The Hall–Kier alpha value is -1.60. The zero-order valence-corrected chi connectivity index (χ0v) is 10.6. The number of halogens is 3. The van der Waals surface area contributed by atoms with E-state index in [-0.39, 0.29) is 31.9 Å². The molecule has 2 rings (SSSR count). The standard InChI is InChI=1S/C13H14F3NO3/c14-13(15,16)11-4-2-1-3-10(11)12(19)17-5-6-20-9(7-17)8-18/h1-4,9,18H,5-8H2. The van der Waals surface area contributed by atoms with Gasteiger partial charge in [0.2, 0.25) is 0 Å². The summed E-state index contributed by atoms with van der Waals surface area (Å²) in [7, 11) is 0. The van der Waals surface area contributed by atoms with Gasteiger partial charge in [-0.05, 0) is 12.1 Å². The van der Waals surface area contributed by atoms with Crippen molar-refractivity contribution < 1.29 is 27.8 Å². The zero-order chi connectivity index (χ0) is 14.8. The third-order valence-electron chi connectivity index (χ3n) is 3.09. The second-order valence-electron chi connectivity index (χ2n) is 4.47. The number of nitrogens with zero attached hydrogens (tertiary/aromatic N) is 1. The van der Waals surface area contributed by atoms with E-state index in [1.54, 1.807) is 0 Å². The summed E-state index contributed by atoms with van der Waals surface area (Å²) in [6.45, 7) is 0.221. The molecule has 1 aromatic carbocycles.